The summed E-state index contributed by atoms with van der Waals surface area (Å²) in [7, 11) is 0. The van der Waals surface area contributed by atoms with E-state index in [2.05, 4.69) is 0 Å². The van der Waals surface area contributed by atoms with E-state index in [0.717, 1.165) is 11.6 Å². The van der Waals surface area contributed by atoms with Gasteiger partial charge in [-0.2, -0.15) is 0 Å². The highest BCUT2D eigenvalue weighted by atomic mass is 16.6. The van der Waals surface area contributed by atoms with Crippen LogP contribution in [0.3, 0.4) is 0 Å². The summed E-state index contributed by atoms with van der Waals surface area (Å²) in [5.41, 5.74) is 1.40. The number of non-ortho nitro benzene ring substituents is 1. The maximum atomic E-state index is 13.1. The van der Waals surface area contributed by atoms with E-state index in [4.69, 9.17) is 0 Å². The quantitative estimate of drug-likeness (QED) is 0.210. The van der Waals surface area contributed by atoms with Crippen molar-refractivity contribution in [1.82, 2.24) is 0 Å². The van der Waals surface area contributed by atoms with Crippen LogP contribution < -0.4 is 4.90 Å². The Hall–Kier alpha value is -4.46. The zero-order valence-electron chi connectivity index (χ0n) is 16.9. The van der Waals surface area contributed by atoms with Crippen molar-refractivity contribution in [2.45, 2.75) is 13.0 Å². The van der Waals surface area contributed by atoms with Crippen molar-refractivity contribution < 1.29 is 24.7 Å². The largest absolute Gasteiger partial charge is 0.508 e. The normalized spacial score (nSPS) is 17.5. The van der Waals surface area contributed by atoms with Gasteiger partial charge in [-0.05, 0) is 42.3 Å². The molecule has 0 radical (unpaired) electrons. The van der Waals surface area contributed by atoms with Gasteiger partial charge in [0.1, 0.15) is 11.5 Å². The van der Waals surface area contributed by atoms with E-state index >= 15 is 0 Å². The molecule has 3 aromatic rings. The topological polar surface area (TPSA) is 121 Å². The van der Waals surface area contributed by atoms with Crippen molar-refractivity contribution in [2.24, 2.45) is 0 Å². The molecule has 1 unspecified atom stereocenters. The minimum atomic E-state index is -0.989. The number of Topliss-reactive ketones (excluding diaryl/α,β-unsaturated/α-hetero) is 1. The molecule has 160 valence electrons. The Labute approximate surface area is 182 Å². The van der Waals surface area contributed by atoms with Crippen LogP contribution in [0.5, 0.6) is 5.75 Å². The first kappa shape index (κ1) is 20.8. The molecule has 8 nitrogen and oxygen atoms in total. The lowest BCUT2D eigenvalue weighted by Gasteiger charge is -2.25. The third-order valence-electron chi connectivity index (χ3n) is 5.26. The zero-order valence-corrected chi connectivity index (χ0v) is 16.9. The molecule has 32 heavy (non-hydrogen) atoms. The number of benzene rings is 3. The number of nitro benzene ring substituents is 1. The van der Waals surface area contributed by atoms with Gasteiger partial charge < -0.3 is 10.2 Å². The van der Waals surface area contributed by atoms with E-state index in [9.17, 15) is 29.9 Å². The summed E-state index contributed by atoms with van der Waals surface area (Å²) < 4.78 is 0. The highest BCUT2D eigenvalue weighted by molar-refractivity contribution is 6.51. The molecule has 0 aliphatic carbocycles. The maximum Gasteiger partial charge on any atom is 0.300 e. The average Bonchev–Trinajstić information content (AvgIpc) is 3.04. The first-order valence-electron chi connectivity index (χ1n) is 9.69. The number of amides is 1. The van der Waals surface area contributed by atoms with Gasteiger partial charge in [0.2, 0.25) is 0 Å². The maximum absolute atomic E-state index is 13.1. The van der Waals surface area contributed by atoms with Gasteiger partial charge in [0.15, 0.2) is 0 Å². The van der Waals surface area contributed by atoms with Gasteiger partial charge in [-0.3, -0.25) is 24.6 Å². The molecule has 3 aromatic carbocycles. The number of carbonyl (C=O) groups excluding carboxylic acids is 2. The zero-order chi connectivity index (χ0) is 23.0. The number of hydrogen-bond donors (Lipinski definition) is 2. The Balaban J connectivity index is 1.95. The van der Waals surface area contributed by atoms with E-state index < -0.39 is 28.4 Å². The summed E-state index contributed by atoms with van der Waals surface area (Å²) in [6.45, 7) is 1.85. The third kappa shape index (κ3) is 3.58. The number of nitro groups is 1. The van der Waals surface area contributed by atoms with Crippen LogP contribution >= 0.6 is 0 Å². The summed E-state index contributed by atoms with van der Waals surface area (Å²) >= 11 is 0. The van der Waals surface area contributed by atoms with Crippen LogP contribution in [0.15, 0.2) is 78.4 Å². The standard InChI is InChI=1S/C24H18N2O6/c1-14-4-2-6-17(12-14)25-21(15-8-10-19(27)11-9-15)20(23(29)24(25)30)22(28)16-5-3-7-18(13-16)26(31)32/h2-13,21,27-28H,1H3/b22-20-. The molecule has 1 aliphatic heterocycles. The van der Waals surface area contributed by atoms with Crippen molar-refractivity contribution in [3.8, 4) is 5.75 Å². The van der Waals surface area contributed by atoms with Gasteiger partial charge in [0, 0.05) is 23.4 Å². The minimum Gasteiger partial charge on any atom is -0.508 e. The van der Waals surface area contributed by atoms with E-state index in [1.807, 2.05) is 13.0 Å². The lowest BCUT2D eigenvalue weighted by atomic mass is 9.95. The van der Waals surface area contributed by atoms with Crippen LogP contribution in [0, 0.1) is 17.0 Å². The number of aromatic hydroxyl groups is 1. The molecule has 1 heterocycles. The predicted octanol–water partition coefficient (Wildman–Crippen LogP) is 4.24. The third-order valence-corrected chi connectivity index (χ3v) is 5.26. The predicted molar refractivity (Wildman–Crippen MR) is 117 cm³/mol. The smallest absolute Gasteiger partial charge is 0.300 e. The van der Waals surface area contributed by atoms with E-state index in [1.165, 1.54) is 35.2 Å². The van der Waals surface area contributed by atoms with Crippen LogP contribution in [-0.4, -0.2) is 26.8 Å². The van der Waals surface area contributed by atoms with Crippen LogP contribution in [0.1, 0.15) is 22.7 Å². The molecule has 1 saturated heterocycles. The number of phenolic OH excluding ortho intramolecular Hbond substituents is 1. The summed E-state index contributed by atoms with van der Waals surface area (Å²) in [6, 6.07) is 17.2. The highest BCUT2D eigenvalue weighted by Gasteiger charge is 2.47. The number of phenols is 1. The summed E-state index contributed by atoms with van der Waals surface area (Å²) in [5, 5.41) is 31.9. The van der Waals surface area contributed by atoms with Crippen LogP contribution in [-0.2, 0) is 9.59 Å². The summed E-state index contributed by atoms with van der Waals surface area (Å²) in [6.07, 6.45) is 0. The fourth-order valence-corrected chi connectivity index (χ4v) is 3.77. The minimum absolute atomic E-state index is 0.0000544. The molecule has 0 bridgehead atoms. The van der Waals surface area contributed by atoms with Crippen molar-refractivity contribution >= 4 is 28.8 Å². The Morgan fingerprint density at radius 1 is 1.00 bits per heavy atom. The second-order valence-electron chi connectivity index (χ2n) is 7.41. The lowest BCUT2D eigenvalue weighted by molar-refractivity contribution is -0.384. The van der Waals surface area contributed by atoms with Gasteiger partial charge in [-0.25, -0.2) is 0 Å². The van der Waals surface area contributed by atoms with E-state index in [1.54, 1.807) is 30.3 Å². The van der Waals surface area contributed by atoms with Crippen LogP contribution in [0.25, 0.3) is 5.76 Å². The number of hydrogen-bond acceptors (Lipinski definition) is 6. The van der Waals surface area contributed by atoms with Crippen LogP contribution in [0.2, 0.25) is 0 Å². The number of nitrogens with zero attached hydrogens (tertiary/aromatic N) is 2. The second kappa shape index (κ2) is 7.99. The Morgan fingerprint density at radius 3 is 2.34 bits per heavy atom. The van der Waals surface area contributed by atoms with Gasteiger partial charge in [0.05, 0.1) is 16.5 Å². The number of carbonyl (C=O) groups is 2. The molecular formula is C24H18N2O6. The molecule has 1 aliphatic rings. The SMILES string of the molecule is Cc1cccc(N2C(=O)C(=O)/C(=C(\O)c3cccc([N+](=O)[O-])c3)C2c2ccc(O)cc2)c1. The number of anilines is 1. The number of ketones is 1. The monoisotopic (exact) mass is 430 g/mol. The summed E-state index contributed by atoms with van der Waals surface area (Å²) in [4.78, 5) is 38.0. The second-order valence-corrected chi connectivity index (χ2v) is 7.41. The van der Waals surface area contributed by atoms with Gasteiger partial charge in [-0.15, -0.1) is 0 Å². The van der Waals surface area contributed by atoms with Crippen molar-refractivity contribution in [3.63, 3.8) is 0 Å². The van der Waals surface area contributed by atoms with Crippen LogP contribution in [0.4, 0.5) is 11.4 Å². The molecule has 0 spiro atoms. The van der Waals surface area contributed by atoms with Gasteiger partial charge >= 0.3 is 0 Å². The fraction of sp³-hybridized carbons (Fsp3) is 0.0833. The molecule has 2 N–H and O–H groups in total. The van der Waals surface area contributed by atoms with Crippen molar-refractivity contribution in [1.29, 1.82) is 0 Å². The highest BCUT2D eigenvalue weighted by Crippen LogP contribution is 2.42. The number of aliphatic hydroxyl groups is 1. The number of aryl methyl sites for hydroxylation is 1. The number of rotatable bonds is 4. The van der Waals surface area contributed by atoms with E-state index in [-0.39, 0.29) is 22.6 Å². The first-order chi connectivity index (χ1) is 15.3. The Kier molecular flexibility index (Phi) is 5.19. The molecule has 1 fully saturated rings. The Bertz CT molecular complexity index is 1280. The fourth-order valence-electron chi connectivity index (χ4n) is 3.77. The molecule has 8 heteroatoms. The van der Waals surface area contributed by atoms with Gasteiger partial charge in [0.25, 0.3) is 17.4 Å². The Morgan fingerprint density at radius 2 is 1.69 bits per heavy atom. The number of aliphatic hydroxyl groups excluding tert-OH is 1. The molecular weight excluding hydrogens is 412 g/mol. The first-order valence-corrected chi connectivity index (χ1v) is 9.69. The van der Waals surface area contributed by atoms with Crippen molar-refractivity contribution in [2.75, 3.05) is 4.90 Å². The van der Waals surface area contributed by atoms with Gasteiger partial charge in [-0.1, -0.05) is 36.4 Å². The molecule has 0 aromatic heterocycles. The molecule has 0 saturated carbocycles. The average molecular weight is 430 g/mol. The lowest BCUT2D eigenvalue weighted by Crippen LogP contribution is -2.29. The van der Waals surface area contributed by atoms with E-state index in [0.29, 0.717) is 11.3 Å². The van der Waals surface area contributed by atoms with Crippen molar-refractivity contribution in [3.05, 3.63) is 105 Å². The summed E-state index contributed by atoms with van der Waals surface area (Å²) in [5.74, 6) is -2.26. The molecule has 1 atom stereocenters. The molecule has 1 amide bonds. The molecule has 4 rings (SSSR count).